The monoisotopic (exact) mass is 262 g/mol. The molecule has 0 unspecified atom stereocenters. The normalized spacial score (nSPS) is 10.1. The molecule has 0 bridgehead atoms. The molecule has 1 aromatic heterocycles. The number of hydrogen-bond acceptors (Lipinski definition) is 6. The molecule has 1 aromatic rings. The van der Waals surface area contributed by atoms with Crippen LogP contribution >= 0.6 is 0 Å². The number of rotatable bonds is 6. The van der Waals surface area contributed by atoms with E-state index in [4.69, 9.17) is 10.00 Å². The maximum absolute atomic E-state index is 11.4. The smallest absolute Gasteiger partial charge is 0.307 e. The number of aromatic nitrogens is 2. The van der Waals surface area contributed by atoms with E-state index in [1.54, 1.807) is 13.0 Å². The van der Waals surface area contributed by atoms with Gasteiger partial charge in [-0.15, -0.1) is 5.10 Å². The highest BCUT2D eigenvalue weighted by Crippen LogP contribution is 2.18. The van der Waals surface area contributed by atoms with Gasteiger partial charge >= 0.3 is 5.97 Å². The van der Waals surface area contributed by atoms with E-state index < -0.39 is 0 Å². The van der Waals surface area contributed by atoms with E-state index in [0.717, 1.165) is 0 Å². The lowest BCUT2D eigenvalue weighted by Gasteiger charge is -2.27. The van der Waals surface area contributed by atoms with E-state index >= 15 is 0 Å². The lowest BCUT2D eigenvalue weighted by molar-refractivity contribution is -0.142. The molecule has 1 heterocycles. The summed E-state index contributed by atoms with van der Waals surface area (Å²) in [5.74, 6) is 0.250. The highest BCUT2D eigenvalue weighted by molar-refractivity contribution is 5.70. The minimum Gasteiger partial charge on any atom is -0.466 e. The van der Waals surface area contributed by atoms with Crippen LogP contribution in [0.5, 0.6) is 0 Å². The first-order valence-electron chi connectivity index (χ1n) is 6.24. The number of nitriles is 1. The van der Waals surface area contributed by atoms with Crippen LogP contribution < -0.4 is 4.90 Å². The van der Waals surface area contributed by atoms with Crippen LogP contribution in [-0.4, -0.2) is 35.4 Å². The zero-order valence-electron chi connectivity index (χ0n) is 11.5. The van der Waals surface area contributed by atoms with Crippen molar-refractivity contribution in [3.8, 4) is 6.07 Å². The summed E-state index contributed by atoms with van der Waals surface area (Å²) in [6, 6.07) is 3.81. The predicted octanol–water partition coefficient (Wildman–Crippen LogP) is 1.52. The Balaban J connectivity index is 2.84. The van der Waals surface area contributed by atoms with Gasteiger partial charge in [0.1, 0.15) is 6.07 Å². The molecule has 6 nitrogen and oxygen atoms in total. The fourth-order valence-electron chi connectivity index (χ4n) is 1.68. The summed E-state index contributed by atoms with van der Waals surface area (Å²) < 4.78 is 4.90. The molecule has 6 heteroatoms. The van der Waals surface area contributed by atoms with Crippen molar-refractivity contribution in [3.05, 3.63) is 17.8 Å². The van der Waals surface area contributed by atoms with Crippen LogP contribution in [0.4, 0.5) is 5.82 Å². The number of anilines is 1. The molecule has 102 valence electrons. The molecule has 0 aromatic carbocycles. The van der Waals surface area contributed by atoms with Gasteiger partial charge < -0.3 is 9.64 Å². The molecular formula is C13H18N4O2. The summed E-state index contributed by atoms with van der Waals surface area (Å²) in [6.45, 7) is 6.54. The average Bonchev–Trinajstić information content (AvgIpc) is 2.39. The Labute approximate surface area is 113 Å². The molecule has 0 aliphatic rings. The van der Waals surface area contributed by atoms with Crippen LogP contribution in [0.2, 0.25) is 0 Å². The summed E-state index contributed by atoms with van der Waals surface area (Å²) in [4.78, 5) is 13.3. The Bertz CT molecular complexity index is 468. The van der Waals surface area contributed by atoms with Crippen LogP contribution in [0.15, 0.2) is 12.3 Å². The maximum atomic E-state index is 11.4. The summed E-state index contributed by atoms with van der Waals surface area (Å²) in [5, 5.41) is 16.9. The molecule has 0 spiro atoms. The van der Waals surface area contributed by atoms with Crippen molar-refractivity contribution in [3.63, 3.8) is 0 Å². The maximum Gasteiger partial charge on any atom is 0.307 e. The third-order valence-corrected chi connectivity index (χ3v) is 2.58. The van der Waals surface area contributed by atoms with Crippen molar-refractivity contribution in [2.75, 3.05) is 18.1 Å². The molecule has 0 aliphatic carbocycles. The van der Waals surface area contributed by atoms with Gasteiger partial charge in [0, 0.05) is 12.6 Å². The molecule has 0 aliphatic heterocycles. The molecule has 1 rings (SSSR count). The first-order chi connectivity index (χ1) is 9.10. The molecule has 0 saturated carbocycles. The molecular weight excluding hydrogens is 244 g/mol. The van der Waals surface area contributed by atoms with Gasteiger partial charge in [-0.05, 0) is 26.8 Å². The molecule has 0 radical (unpaired) electrons. The summed E-state index contributed by atoms with van der Waals surface area (Å²) in [7, 11) is 0. The molecule has 0 fully saturated rings. The standard InChI is InChI=1S/C13H18N4O2/c1-4-19-12(18)6-8-17(10(2)3)13-11(9-14)5-7-15-16-13/h5,7,10H,4,6,8H2,1-3H3. The van der Waals surface area contributed by atoms with Crippen LogP contribution in [0.25, 0.3) is 0 Å². The SMILES string of the molecule is CCOC(=O)CCN(c1nnccc1C#N)C(C)C. The van der Waals surface area contributed by atoms with Gasteiger partial charge in [0.25, 0.3) is 0 Å². The van der Waals surface area contributed by atoms with Gasteiger partial charge in [-0.2, -0.15) is 10.4 Å². The highest BCUT2D eigenvalue weighted by atomic mass is 16.5. The van der Waals surface area contributed by atoms with Crippen LogP contribution in [0, 0.1) is 11.3 Å². The van der Waals surface area contributed by atoms with Crippen molar-refractivity contribution in [1.82, 2.24) is 10.2 Å². The number of esters is 1. The van der Waals surface area contributed by atoms with Gasteiger partial charge in [0.05, 0.1) is 24.8 Å². The Hall–Kier alpha value is -2.16. The third-order valence-electron chi connectivity index (χ3n) is 2.58. The van der Waals surface area contributed by atoms with Crippen molar-refractivity contribution < 1.29 is 9.53 Å². The number of ether oxygens (including phenoxy) is 1. The Morgan fingerprint density at radius 2 is 2.32 bits per heavy atom. The fraction of sp³-hybridized carbons (Fsp3) is 0.538. The van der Waals surface area contributed by atoms with E-state index in [9.17, 15) is 4.79 Å². The Morgan fingerprint density at radius 1 is 1.58 bits per heavy atom. The summed E-state index contributed by atoms with van der Waals surface area (Å²) >= 11 is 0. The number of carbonyl (C=O) groups is 1. The van der Waals surface area contributed by atoms with E-state index in [2.05, 4.69) is 16.3 Å². The molecule has 0 atom stereocenters. The van der Waals surface area contributed by atoms with Gasteiger partial charge in [-0.3, -0.25) is 4.79 Å². The summed E-state index contributed by atoms with van der Waals surface area (Å²) in [5.41, 5.74) is 0.451. The Kier molecular flexibility index (Phi) is 5.73. The third kappa shape index (κ3) is 4.21. The minimum atomic E-state index is -0.254. The van der Waals surface area contributed by atoms with Gasteiger partial charge in [-0.25, -0.2) is 0 Å². The molecule has 0 saturated heterocycles. The van der Waals surface area contributed by atoms with Crippen molar-refractivity contribution in [2.45, 2.75) is 33.2 Å². The first kappa shape index (κ1) is 14.9. The summed E-state index contributed by atoms with van der Waals surface area (Å²) in [6.07, 6.45) is 1.74. The first-order valence-corrected chi connectivity index (χ1v) is 6.24. The zero-order chi connectivity index (χ0) is 14.3. The van der Waals surface area contributed by atoms with Crippen LogP contribution in [-0.2, 0) is 9.53 Å². The molecule has 19 heavy (non-hydrogen) atoms. The number of carbonyl (C=O) groups excluding carboxylic acids is 1. The highest BCUT2D eigenvalue weighted by Gasteiger charge is 2.17. The second-order valence-electron chi connectivity index (χ2n) is 4.22. The fourth-order valence-corrected chi connectivity index (χ4v) is 1.68. The second kappa shape index (κ2) is 7.31. The quantitative estimate of drug-likeness (QED) is 0.723. The lowest BCUT2D eigenvalue weighted by Crippen LogP contribution is -2.34. The Morgan fingerprint density at radius 3 is 2.89 bits per heavy atom. The zero-order valence-corrected chi connectivity index (χ0v) is 11.5. The van der Waals surface area contributed by atoms with Crippen LogP contribution in [0.3, 0.4) is 0 Å². The van der Waals surface area contributed by atoms with E-state index in [0.29, 0.717) is 24.5 Å². The van der Waals surface area contributed by atoms with E-state index in [-0.39, 0.29) is 18.4 Å². The van der Waals surface area contributed by atoms with Gasteiger partial charge in [-0.1, -0.05) is 0 Å². The van der Waals surface area contributed by atoms with E-state index in [1.165, 1.54) is 6.20 Å². The van der Waals surface area contributed by atoms with Gasteiger partial charge in [0.15, 0.2) is 5.82 Å². The van der Waals surface area contributed by atoms with Crippen molar-refractivity contribution in [2.24, 2.45) is 0 Å². The number of nitrogens with zero attached hydrogens (tertiary/aromatic N) is 4. The lowest BCUT2D eigenvalue weighted by atomic mass is 10.2. The topological polar surface area (TPSA) is 79.1 Å². The number of hydrogen-bond donors (Lipinski definition) is 0. The van der Waals surface area contributed by atoms with Crippen LogP contribution in [0.1, 0.15) is 32.8 Å². The largest absolute Gasteiger partial charge is 0.466 e. The molecule has 0 N–H and O–H groups in total. The predicted molar refractivity (Wildman–Crippen MR) is 70.5 cm³/mol. The molecule has 0 amide bonds. The van der Waals surface area contributed by atoms with Gasteiger partial charge in [0.2, 0.25) is 0 Å². The van der Waals surface area contributed by atoms with Crippen molar-refractivity contribution in [1.29, 1.82) is 5.26 Å². The average molecular weight is 262 g/mol. The van der Waals surface area contributed by atoms with Crippen molar-refractivity contribution >= 4 is 11.8 Å². The van der Waals surface area contributed by atoms with E-state index in [1.807, 2.05) is 18.7 Å². The second-order valence-corrected chi connectivity index (χ2v) is 4.22. The minimum absolute atomic E-state index is 0.109.